The van der Waals surface area contributed by atoms with Crippen LogP contribution in [-0.2, 0) is 9.22 Å². The second-order valence-electron chi connectivity index (χ2n) is 9.51. The highest BCUT2D eigenvalue weighted by atomic mass is 35.5. The number of likely N-dealkylation sites (tertiary alicyclic amines) is 1. The number of rotatable bonds is 8. The lowest BCUT2D eigenvalue weighted by molar-refractivity contribution is -0.153. The minimum absolute atomic E-state index is 0.0982. The summed E-state index contributed by atoms with van der Waals surface area (Å²) < 4.78 is 7.10. The lowest BCUT2D eigenvalue weighted by Crippen LogP contribution is -2.70. The predicted octanol–water partition coefficient (Wildman–Crippen LogP) is 4.16. The maximum atomic E-state index is 12.8. The molecule has 3 rings (SSSR count). The molecule has 0 aliphatic carbocycles. The monoisotopic (exact) mass is 489 g/mol. The Morgan fingerprint density at radius 3 is 1.97 bits per heavy atom. The van der Waals surface area contributed by atoms with Crippen molar-refractivity contribution in [1.82, 2.24) is 4.90 Å². The third kappa shape index (κ3) is 4.41. The Morgan fingerprint density at radius 2 is 1.58 bits per heavy atom. The summed E-state index contributed by atoms with van der Waals surface area (Å²) in [5.74, 6) is -0.940. The van der Waals surface area contributed by atoms with Crippen LogP contribution < -0.4 is 10.4 Å². The van der Waals surface area contributed by atoms with Crippen LogP contribution >= 0.6 is 11.6 Å². The van der Waals surface area contributed by atoms with Crippen LogP contribution in [0.5, 0.6) is 0 Å². The summed E-state index contributed by atoms with van der Waals surface area (Å²) in [7, 11) is -3.07. The van der Waals surface area contributed by atoms with Crippen molar-refractivity contribution in [3.63, 3.8) is 0 Å². The number of carboxylic acid groups (broad SMARTS) is 2. The maximum absolute atomic E-state index is 12.8. The van der Waals surface area contributed by atoms with Gasteiger partial charge in [0.1, 0.15) is 0 Å². The van der Waals surface area contributed by atoms with Gasteiger partial charge in [-0.1, -0.05) is 81.4 Å². The summed E-state index contributed by atoms with van der Waals surface area (Å²) in [4.78, 5) is 25.9. The van der Waals surface area contributed by atoms with Crippen molar-refractivity contribution in [1.29, 1.82) is 0 Å². The number of hydrogen-bond acceptors (Lipinski definition) is 3. The molecule has 1 aliphatic rings. The van der Waals surface area contributed by atoms with Gasteiger partial charge in [-0.3, -0.25) is 4.90 Å². The minimum atomic E-state index is -3.07. The van der Waals surface area contributed by atoms with E-state index >= 15 is 0 Å². The van der Waals surface area contributed by atoms with E-state index in [4.69, 9.17) is 16.0 Å². The van der Waals surface area contributed by atoms with E-state index in [1.165, 1.54) is 0 Å². The van der Waals surface area contributed by atoms with Gasteiger partial charge in [0.2, 0.25) is 0 Å². The number of halogens is 1. The van der Waals surface area contributed by atoms with E-state index in [0.717, 1.165) is 15.3 Å². The number of amides is 1. The van der Waals surface area contributed by atoms with Gasteiger partial charge >= 0.3 is 12.1 Å². The van der Waals surface area contributed by atoms with Crippen molar-refractivity contribution in [2.45, 2.75) is 56.7 Å². The van der Waals surface area contributed by atoms with Gasteiger partial charge in [-0.2, -0.15) is 0 Å². The molecule has 2 aromatic rings. The highest BCUT2D eigenvalue weighted by Crippen LogP contribution is 2.43. The smallest absolute Gasteiger partial charge is 0.408 e. The molecular formula is C25H32ClNO5Si. The van der Waals surface area contributed by atoms with Gasteiger partial charge in [0, 0.05) is 12.4 Å². The average Bonchev–Trinajstić information content (AvgIpc) is 3.15. The maximum Gasteiger partial charge on any atom is 0.408 e. The van der Waals surface area contributed by atoms with E-state index in [1.54, 1.807) is 0 Å². The van der Waals surface area contributed by atoms with Crippen LogP contribution in [0.1, 0.15) is 40.0 Å². The van der Waals surface area contributed by atoms with Crippen LogP contribution in [0.4, 0.5) is 4.79 Å². The molecule has 1 fully saturated rings. The molecule has 33 heavy (non-hydrogen) atoms. The Hall–Kier alpha value is -2.35. The predicted molar refractivity (Wildman–Crippen MR) is 132 cm³/mol. The number of nitrogens with zero attached hydrogens (tertiary/aromatic N) is 1. The van der Waals surface area contributed by atoms with E-state index < -0.39 is 32.0 Å². The molecule has 2 N–H and O–H groups in total. The Balaban J connectivity index is 2.24. The molecule has 0 bridgehead atoms. The zero-order valence-corrected chi connectivity index (χ0v) is 21.1. The largest absolute Gasteiger partial charge is 0.479 e. The summed E-state index contributed by atoms with van der Waals surface area (Å²) in [6.07, 6.45) is -1.27. The second-order valence-corrected chi connectivity index (χ2v) is 14.1. The quantitative estimate of drug-likeness (QED) is 0.429. The highest BCUT2D eigenvalue weighted by Gasteiger charge is 2.61. The van der Waals surface area contributed by atoms with Crippen LogP contribution in [0.3, 0.4) is 0 Å². The van der Waals surface area contributed by atoms with Gasteiger partial charge in [0.25, 0.3) is 8.32 Å². The van der Waals surface area contributed by atoms with Gasteiger partial charge in [0.15, 0.2) is 5.54 Å². The van der Waals surface area contributed by atoms with Gasteiger partial charge in [0.05, 0.1) is 6.10 Å². The van der Waals surface area contributed by atoms with Crippen LogP contribution in [0.2, 0.25) is 5.04 Å². The fourth-order valence-electron chi connectivity index (χ4n) is 5.18. The van der Waals surface area contributed by atoms with Crippen LogP contribution in [0, 0.1) is 0 Å². The molecule has 6 nitrogen and oxygen atoms in total. The van der Waals surface area contributed by atoms with Gasteiger partial charge in [-0.05, 0) is 34.7 Å². The third-order valence-electron chi connectivity index (χ3n) is 6.66. The van der Waals surface area contributed by atoms with Crippen molar-refractivity contribution < 1.29 is 24.2 Å². The molecule has 1 saturated heterocycles. The van der Waals surface area contributed by atoms with Crippen molar-refractivity contribution in [3.05, 3.63) is 60.7 Å². The Labute approximate surface area is 201 Å². The topological polar surface area (TPSA) is 87.1 Å². The van der Waals surface area contributed by atoms with E-state index in [9.17, 15) is 19.8 Å². The summed E-state index contributed by atoms with van der Waals surface area (Å²) in [5.41, 5.74) is -1.69. The summed E-state index contributed by atoms with van der Waals surface area (Å²) in [6, 6.07) is 19.9. The minimum Gasteiger partial charge on any atom is -0.479 e. The number of alkyl halides is 1. The summed E-state index contributed by atoms with van der Waals surface area (Å²) in [6.45, 7) is 6.45. The molecule has 2 atom stereocenters. The first-order chi connectivity index (χ1) is 15.6. The first-order valence-corrected chi connectivity index (χ1v) is 13.6. The molecule has 0 radical (unpaired) electrons. The molecular weight excluding hydrogens is 458 g/mol. The average molecular weight is 490 g/mol. The molecule has 1 amide bonds. The van der Waals surface area contributed by atoms with Crippen molar-refractivity contribution >= 4 is 42.4 Å². The molecule has 0 spiro atoms. The molecule has 0 aromatic heterocycles. The molecule has 178 valence electrons. The SMILES string of the molecule is CC(C)(C)[Si](OC1CCN(C(=O)O)C1(CCCCl)C(=O)O)(c1ccccc1)c1ccccc1. The van der Waals surface area contributed by atoms with Crippen molar-refractivity contribution in [3.8, 4) is 0 Å². The number of carboxylic acids is 1. The zero-order valence-electron chi connectivity index (χ0n) is 19.3. The standard InChI is InChI=1S/C25H32ClNO5Si/c1-24(2,3)33(19-11-6-4-7-12-19,20-13-8-5-9-14-20)32-21-15-18-27(23(30)31)25(21,22(28)29)16-10-17-26/h4-9,11-14,21H,10,15-18H2,1-3H3,(H,28,29)(H,30,31). The fraction of sp³-hybridized carbons (Fsp3) is 0.440. The third-order valence-corrected chi connectivity index (χ3v) is 12.0. The van der Waals surface area contributed by atoms with Crippen LogP contribution in [0.25, 0.3) is 0 Å². The van der Waals surface area contributed by atoms with Gasteiger partial charge < -0.3 is 14.6 Å². The molecule has 1 heterocycles. The lowest BCUT2D eigenvalue weighted by Gasteiger charge is -2.47. The fourth-order valence-corrected chi connectivity index (χ4v) is 10.1. The van der Waals surface area contributed by atoms with Crippen molar-refractivity contribution in [2.24, 2.45) is 0 Å². The van der Waals surface area contributed by atoms with E-state index in [-0.39, 0.29) is 23.9 Å². The molecule has 2 aromatic carbocycles. The van der Waals surface area contributed by atoms with Gasteiger partial charge in [-0.25, -0.2) is 9.59 Å². The molecule has 0 saturated carbocycles. The number of benzene rings is 2. The van der Waals surface area contributed by atoms with E-state index in [1.807, 2.05) is 60.7 Å². The molecule has 2 unspecified atom stereocenters. The second kappa shape index (κ2) is 9.87. The van der Waals surface area contributed by atoms with Crippen molar-refractivity contribution in [2.75, 3.05) is 12.4 Å². The highest BCUT2D eigenvalue weighted by molar-refractivity contribution is 6.99. The van der Waals surface area contributed by atoms with Crippen LogP contribution in [0.15, 0.2) is 60.7 Å². The Bertz CT molecular complexity index is 926. The summed E-state index contributed by atoms with van der Waals surface area (Å²) >= 11 is 5.93. The first-order valence-electron chi connectivity index (χ1n) is 11.2. The normalized spacial score (nSPS) is 21.2. The van der Waals surface area contributed by atoms with E-state index in [2.05, 4.69) is 20.8 Å². The molecule has 1 aliphatic heterocycles. The summed E-state index contributed by atoms with van der Waals surface area (Å²) in [5, 5.41) is 22.0. The zero-order chi connectivity index (χ0) is 24.3. The van der Waals surface area contributed by atoms with Gasteiger partial charge in [-0.15, -0.1) is 11.6 Å². The Kier molecular flexibility index (Phi) is 7.56. The lowest BCUT2D eigenvalue weighted by atomic mass is 9.88. The van der Waals surface area contributed by atoms with E-state index in [0.29, 0.717) is 12.8 Å². The first kappa shape index (κ1) is 25.3. The Morgan fingerprint density at radius 1 is 1.06 bits per heavy atom. The number of aliphatic carboxylic acids is 1. The number of carbonyl (C=O) groups is 2. The van der Waals surface area contributed by atoms with Crippen LogP contribution in [-0.4, -0.2) is 59.6 Å². The number of hydrogen-bond donors (Lipinski definition) is 2. The molecule has 8 heteroatoms.